The molecule has 2 heterocycles. The van der Waals surface area contributed by atoms with Gasteiger partial charge in [-0.1, -0.05) is 0 Å². The van der Waals surface area contributed by atoms with Crippen LogP contribution in [0.15, 0.2) is 0 Å². The Morgan fingerprint density at radius 3 is 1.86 bits per heavy atom. The van der Waals surface area contributed by atoms with Crippen LogP contribution < -0.4 is 0 Å². The van der Waals surface area contributed by atoms with Crippen molar-refractivity contribution in [1.29, 1.82) is 0 Å². The summed E-state index contributed by atoms with van der Waals surface area (Å²) < 4.78 is 6.19. The third-order valence-corrected chi connectivity index (χ3v) is 8.61. The van der Waals surface area contributed by atoms with E-state index in [4.69, 9.17) is 4.74 Å². The minimum atomic E-state index is 0.0334. The summed E-state index contributed by atoms with van der Waals surface area (Å²) in [5, 5.41) is 0. The van der Waals surface area contributed by atoms with Gasteiger partial charge < -0.3 is 9.64 Å². The lowest BCUT2D eigenvalue weighted by Gasteiger charge is -2.60. The van der Waals surface area contributed by atoms with Crippen LogP contribution in [-0.2, 0) is 4.74 Å². The summed E-state index contributed by atoms with van der Waals surface area (Å²) in [6.07, 6.45) is 12.0. The zero-order chi connectivity index (χ0) is 20.9. The molecule has 0 radical (unpaired) electrons. The lowest BCUT2D eigenvalue weighted by Crippen LogP contribution is -2.54. The maximum atomic E-state index is 6.19. The summed E-state index contributed by atoms with van der Waals surface area (Å²) in [6, 6.07) is 0. The molecule has 168 valence electrons. The molecule has 0 bridgehead atoms. The van der Waals surface area contributed by atoms with Crippen LogP contribution in [0.4, 0.5) is 0 Å². The smallest absolute Gasteiger partial charge is 0.0602 e. The number of likely N-dealkylation sites (tertiary alicyclic amines) is 2. The molecule has 3 heteroatoms. The maximum absolute atomic E-state index is 6.19. The van der Waals surface area contributed by atoms with Crippen molar-refractivity contribution in [2.75, 3.05) is 32.7 Å². The first kappa shape index (κ1) is 22.1. The number of rotatable bonds is 4. The Labute approximate surface area is 180 Å². The summed E-state index contributed by atoms with van der Waals surface area (Å²) in [6.45, 7) is 20.4. The van der Waals surface area contributed by atoms with Crippen molar-refractivity contribution in [2.24, 2.45) is 23.2 Å². The van der Waals surface area contributed by atoms with Crippen LogP contribution in [0.5, 0.6) is 0 Å². The fourth-order valence-corrected chi connectivity index (χ4v) is 6.97. The standard InChI is InChI=1S/C26H48N2O/c1-24(2,3)28-13-7-20(8-14-28)19-27-11-9-21(10-12-27)22-15-26(16-22)17-23(18-26)29-25(4,5)6/h20-23H,7-19H2,1-6H3. The number of piperidine rings is 2. The van der Waals surface area contributed by atoms with E-state index >= 15 is 0 Å². The third kappa shape index (κ3) is 5.39. The molecule has 2 saturated carbocycles. The van der Waals surface area contributed by atoms with Gasteiger partial charge in [-0.2, -0.15) is 0 Å². The van der Waals surface area contributed by atoms with Crippen molar-refractivity contribution in [3.8, 4) is 0 Å². The van der Waals surface area contributed by atoms with E-state index in [1.807, 2.05) is 0 Å². The van der Waals surface area contributed by atoms with Gasteiger partial charge in [0.2, 0.25) is 0 Å². The highest BCUT2D eigenvalue weighted by molar-refractivity contribution is 5.05. The van der Waals surface area contributed by atoms with E-state index in [1.54, 1.807) is 0 Å². The topological polar surface area (TPSA) is 15.7 Å². The van der Waals surface area contributed by atoms with Gasteiger partial charge in [-0.25, -0.2) is 0 Å². The first-order valence-corrected chi connectivity index (χ1v) is 12.7. The predicted molar refractivity (Wildman–Crippen MR) is 122 cm³/mol. The summed E-state index contributed by atoms with van der Waals surface area (Å²) in [7, 11) is 0. The Kier molecular flexibility index (Phi) is 6.17. The molecule has 0 aromatic rings. The third-order valence-electron chi connectivity index (χ3n) is 8.61. The SMILES string of the molecule is CC(C)(C)OC1CC2(C1)CC(C1CCN(CC3CCN(C(C)(C)C)CC3)CC1)C2. The van der Waals surface area contributed by atoms with Crippen molar-refractivity contribution in [3.63, 3.8) is 0 Å². The molecule has 2 saturated heterocycles. The highest BCUT2D eigenvalue weighted by atomic mass is 16.5. The van der Waals surface area contributed by atoms with Crippen molar-refractivity contribution < 1.29 is 4.74 Å². The molecule has 4 aliphatic rings. The molecule has 1 spiro atoms. The summed E-state index contributed by atoms with van der Waals surface area (Å²) in [4.78, 5) is 5.48. The van der Waals surface area contributed by atoms with E-state index in [-0.39, 0.29) is 5.60 Å². The van der Waals surface area contributed by atoms with E-state index in [0.717, 1.165) is 17.8 Å². The van der Waals surface area contributed by atoms with Gasteiger partial charge in [0.05, 0.1) is 11.7 Å². The van der Waals surface area contributed by atoms with E-state index in [1.165, 1.54) is 84.1 Å². The second-order valence-corrected chi connectivity index (χ2v) is 13.2. The van der Waals surface area contributed by atoms with Crippen LogP contribution in [0.1, 0.15) is 92.9 Å². The molecule has 29 heavy (non-hydrogen) atoms. The zero-order valence-corrected chi connectivity index (χ0v) is 20.3. The van der Waals surface area contributed by atoms with Gasteiger partial charge in [0.15, 0.2) is 0 Å². The van der Waals surface area contributed by atoms with Crippen molar-refractivity contribution in [1.82, 2.24) is 9.80 Å². The largest absolute Gasteiger partial charge is 0.373 e. The minimum absolute atomic E-state index is 0.0334. The average Bonchev–Trinajstić information content (AvgIpc) is 2.55. The summed E-state index contributed by atoms with van der Waals surface area (Å²) in [5.74, 6) is 2.98. The molecule has 0 aromatic carbocycles. The molecule has 2 aliphatic carbocycles. The Morgan fingerprint density at radius 1 is 0.759 bits per heavy atom. The van der Waals surface area contributed by atoms with E-state index < -0.39 is 0 Å². The Hall–Kier alpha value is -0.120. The fourth-order valence-electron chi connectivity index (χ4n) is 6.97. The minimum Gasteiger partial charge on any atom is -0.373 e. The molecule has 0 N–H and O–H groups in total. The highest BCUT2D eigenvalue weighted by Gasteiger charge is 2.55. The Balaban J connectivity index is 1.11. The van der Waals surface area contributed by atoms with Crippen LogP contribution in [0.3, 0.4) is 0 Å². The summed E-state index contributed by atoms with van der Waals surface area (Å²) in [5.41, 5.74) is 1.08. The average molecular weight is 405 g/mol. The molecule has 0 aromatic heterocycles. The molecule has 4 rings (SSSR count). The number of hydrogen-bond donors (Lipinski definition) is 0. The highest BCUT2D eigenvalue weighted by Crippen LogP contribution is 2.62. The normalized spacial score (nSPS) is 36.2. The van der Waals surface area contributed by atoms with E-state index in [9.17, 15) is 0 Å². The second-order valence-electron chi connectivity index (χ2n) is 13.2. The second kappa shape index (κ2) is 8.10. The van der Waals surface area contributed by atoms with Gasteiger partial charge in [0, 0.05) is 12.1 Å². The van der Waals surface area contributed by atoms with Gasteiger partial charge in [-0.3, -0.25) is 4.90 Å². The Bertz CT molecular complexity index is 530. The number of nitrogens with zero attached hydrogens (tertiary/aromatic N) is 2. The van der Waals surface area contributed by atoms with Crippen LogP contribution >= 0.6 is 0 Å². The maximum Gasteiger partial charge on any atom is 0.0602 e. The zero-order valence-electron chi connectivity index (χ0n) is 20.3. The van der Waals surface area contributed by atoms with Crippen molar-refractivity contribution in [3.05, 3.63) is 0 Å². The van der Waals surface area contributed by atoms with Crippen LogP contribution in [0.25, 0.3) is 0 Å². The van der Waals surface area contributed by atoms with Gasteiger partial charge in [0.25, 0.3) is 0 Å². The molecule has 4 fully saturated rings. The van der Waals surface area contributed by atoms with Gasteiger partial charge >= 0.3 is 0 Å². The first-order chi connectivity index (χ1) is 13.5. The van der Waals surface area contributed by atoms with Gasteiger partial charge in [0.1, 0.15) is 0 Å². The van der Waals surface area contributed by atoms with Crippen LogP contribution in [-0.4, -0.2) is 59.8 Å². The molecular formula is C26H48N2O. The predicted octanol–water partition coefficient (Wildman–Crippen LogP) is 5.58. The van der Waals surface area contributed by atoms with Crippen LogP contribution in [0, 0.1) is 23.2 Å². The number of ether oxygens (including phenoxy) is 1. The number of hydrogen-bond acceptors (Lipinski definition) is 3. The lowest BCUT2D eigenvalue weighted by molar-refractivity contribution is -0.187. The molecule has 3 nitrogen and oxygen atoms in total. The summed E-state index contributed by atoms with van der Waals surface area (Å²) >= 11 is 0. The molecule has 0 amide bonds. The van der Waals surface area contributed by atoms with Crippen molar-refractivity contribution in [2.45, 2.75) is 110 Å². The van der Waals surface area contributed by atoms with E-state index in [0.29, 0.717) is 17.1 Å². The Morgan fingerprint density at radius 2 is 1.34 bits per heavy atom. The van der Waals surface area contributed by atoms with Crippen LogP contribution in [0.2, 0.25) is 0 Å². The molecule has 0 atom stereocenters. The first-order valence-electron chi connectivity index (χ1n) is 12.7. The molecular weight excluding hydrogens is 356 g/mol. The lowest BCUT2D eigenvalue weighted by atomic mass is 9.48. The monoisotopic (exact) mass is 404 g/mol. The van der Waals surface area contributed by atoms with E-state index in [2.05, 4.69) is 51.3 Å². The van der Waals surface area contributed by atoms with Gasteiger partial charge in [-0.05, 0) is 142 Å². The van der Waals surface area contributed by atoms with Crippen molar-refractivity contribution >= 4 is 0 Å². The molecule has 2 aliphatic heterocycles. The van der Waals surface area contributed by atoms with Gasteiger partial charge in [-0.15, -0.1) is 0 Å². The molecule has 0 unspecified atom stereocenters. The fraction of sp³-hybridized carbons (Fsp3) is 1.00. The quantitative estimate of drug-likeness (QED) is 0.608.